The van der Waals surface area contributed by atoms with E-state index in [0.29, 0.717) is 0 Å². The average molecular weight is 280 g/mol. The largest absolute Gasteiger partial charge is 0.351 e. The maximum atomic E-state index is 9.43. The van der Waals surface area contributed by atoms with Crippen LogP contribution >= 0.6 is 42.4 Å². The highest BCUT2D eigenvalue weighted by Crippen LogP contribution is 1.88. The number of rotatable bonds is 1. The third-order valence-corrected chi connectivity index (χ3v) is 0.211. The molecule has 3 nitrogen and oxygen atoms in total. The predicted octanol–water partition coefficient (Wildman–Crippen LogP) is 2.19. The van der Waals surface area contributed by atoms with Crippen LogP contribution in [0.4, 0.5) is 0 Å². The van der Waals surface area contributed by atoms with Crippen LogP contribution in [-0.2, 0) is 7.71 Å². The van der Waals surface area contributed by atoms with E-state index in [-0.39, 0.29) is 9.90 Å². The van der Waals surface area contributed by atoms with Gasteiger partial charge in [0.25, 0.3) is 0 Å². The lowest BCUT2D eigenvalue weighted by Crippen LogP contribution is -2.06. The molecule has 0 aromatic carbocycles. The molecule has 0 bridgehead atoms. The molecule has 0 heterocycles. The molecule has 1 amide bonds. The fraction of sp³-hybridized carbons (Fsp3) is 0.667. The van der Waals surface area contributed by atoms with Crippen molar-refractivity contribution in [3.63, 3.8) is 0 Å². The Labute approximate surface area is 75.6 Å². The standard InChI is InChI=1S/C3H7NO.Br2O.P/c1-4(2)3-5;1-3-2;/h3H,1-2H3;;. The molecule has 0 fully saturated rings. The van der Waals surface area contributed by atoms with Crippen LogP contribution in [0.15, 0.2) is 0 Å². The van der Waals surface area contributed by atoms with Crippen molar-refractivity contribution in [2.75, 3.05) is 14.1 Å². The Morgan fingerprint density at radius 1 is 1.44 bits per heavy atom. The summed E-state index contributed by atoms with van der Waals surface area (Å²) in [6.45, 7) is 0. The number of halogens is 2. The van der Waals surface area contributed by atoms with Crippen molar-refractivity contribution in [2.24, 2.45) is 0 Å². The van der Waals surface area contributed by atoms with Gasteiger partial charge in [-0.05, 0) is 0 Å². The topological polar surface area (TPSA) is 29.5 Å². The molecular weight excluding hydrogens is 273 g/mol. The van der Waals surface area contributed by atoms with Gasteiger partial charge in [0.1, 0.15) is 32.5 Å². The van der Waals surface area contributed by atoms with Crippen LogP contribution in [0.1, 0.15) is 0 Å². The highest BCUT2D eigenvalue weighted by atomic mass is 79.9. The first-order valence-electron chi connectivity index (χ1n) is 1.70. The summed E-state index contributed by atoms with van der Waals surface area (Å²) in [4.78, 5) is 10.9. The van der Waals surface area contributed by atoms with Gasteiger partial charge in [-0.1, -0.05) is 0 Å². The maximum Gasteiger partial charge on any atom is 0.209 e. The average Bonchev–Trinajstić information content (AvgIpc) is 1.69. The van der Waals surface area contributed by atoms with Crippen molar-refractivity contribution in [3.05, 3.63) is 0 Å². The van der Waals surface area contributed by atoms with Crippen LogP contribution in [0.3, 0.4) is 0 Å². The van der Waals surface area contributed by atoms with E-state index in [2.05, 4.69) is 35.4 Å². The molecule has 6 heteroatoms. The molecule has 9 heavy (non-hydrogen) atoms. The Hall–Kier alpha value is 0.820. The van der Waals surface area contributed by atoms with Gasteiger partial charge < -0.3 is 4.90 Å². The second-order valence-electron chi connectivity index (χ2n) is 1.13. The van der Waals surface area contributed by atoms with Crippen LogP contribution < -0.4 is 0 Å². The van der Waals surface area contributed by atoms with Crippen LogP contribution in [0, 0.1) is 0 Å². The lowest BCUT2D eigenvalue weighted by molar-refractivity contribution is -0.115. The first-order valence-corrected chi connectivity index (χ1v) is 2.99. The molecule has 0 aliphatic carbocycles. The summed E-state index contributed by atoms with van der Waals surface area (Å²) < 4.78 is 3.88. The van der Waals surface area contributed by atoms with Gasteiger partial charge in [-0.15, -0.1) is 0 Å². The van der Waals surface area contributed by atoms with Crippen LogP contribution in [0.25, 0.3) is 0 Å². The minimum atomic E-state index is 0. The van der Waals surface area contributed by atoms with Gasteiger partial charge in [-0.2, -0.15) is 0 Å². The van der Waals surface area contributed by atoms with Gasteiger partial charge in [0.15, 0.2) is 0 Å². The van der Waals surface area contributed by atoms with Gasteiger partial charge in [0.05, 0.1) is 0 Å². The minimum Gasteiger partial charge on any atom is -0.351 e. The second-order valence-corrected chi connectivity index (χ2v) is 2.64. The van der Waals surface area contributed by atoms with Gasteiger partial charge in [0, 0.05) is 24.0 Å². The molecule has 3 radical (unpaired) electrons. The quantitative estimate of drug-likeness (QED) is 0.544. The SMILES string of the molecule is BrOBr.CN(C)C=O.[P]. The van der Waals surface area contributed by atoms with Gasteiger partial charge >= 0.3 is 0 Å². The zero-order chi connectivity index (χ0) is 6.99. The van der Waals surface area contributed by atoms with E-state index in [1.54, 1.807) is 14.1 Å². The van der Waals surface area contributed by atoms with Crippen molar-refractivity contribution >= 4 is 48.8 Å². The lowest BCUT2D eigenvalue weighted by atomic mass is 11.0. The van der Waals surface area contributed by atoms with E-state index >= 15 is 0 Å². The number of carbonyl (C=O) groups excluding carboxylic acids is 1. The molecule has 55 valence electrons. The Morgan fingerprint density at radius 3 is 1.56 bits per heavy atom. The Morgan fingerprint density at radius 2 is 1.56 bits per heavy atom. The van der Waals surface area contributed by atoms with E-state index in [0.717, 1.165) is 6.41 Å². The van der Waals surface area contributed by atoms with Crippen LogP contribution in [-0.4, -0.2) is 25.4 Å². The minimum absolute atomic E-state index is 0. The zero-order valence-electron chi connectivity index (χ0n) is 5.04. The van der Waals surface area contributed by atoms with E-state index in [1.165, 1.54) is 4.90 Å². The molecule has 0 N–H and O–H groups in total. The number of hydrogen-bond donors (Lipinski definition) is 0. The van der Waals surface area contributed by atoms with Gasteiger partial charge in [0.2, 0.25) is 6.41 Å². The molecule has 0 aromatic rings. The molecular formula is C3H7Br2NO2P. The fourth-order valence-electron chi connectivity index (χ4n) is 0. The second kappa shape index (κ2) is 15.9. The van der Waals surface area contributed by atoms with E-state index in [4.69, 9.17) is 0 Å². The monoisotopic (exact) mass is 278 g/mol. The van der Waals surface area contributed by atoms with Crippen molar-refractivity contribution < 1.29 is 7.71 Å². The van der Waals surface area contributed by atoms with Gasteiger partial charge in [-0.25, -0.2) is 2.92 Å². The number of hydrogen-bond acceptors (Lipinski definition) is 2. The maximum absolute atomic E-state index is 9.43. The molecule has 0 aliphatic rings. The highest BCUT2D eigenvalue weighted by Gasteiger charge is 1.68. The van der Waals surface area contributed by atoms with Crippen molar-refractivity contribution in [3.8, 4) is 0 Å². The first kappa shape index (κ1) is 16.4. The lowest BCUT2D eigenvalue weighted by Gasteiger charge is -1.93. The summed E-state index contributed by atoms with van der Waals surface area (Å²) >= 11 is 5.12. The van der Waals surface area contributed by atoms with E-state index < -0.39 is 0 Å². The number of amides is 1. The predicted molar refractivity (Wildman–Crippen MR) is 45.6 cm³/mol. The highest BCUT2D eigenvalue weighted by molar-refractivity contribution is 9.18. The molecule has 0 aliphatic heterocycles. The zero-order valence-corrected chi connectivity index (χ0v) is 9.11. The third kappa shape index (κ3) is 51.6. The third-order valence-electron chi connectivity index (χ3n) is 0.211. The summed E-state index contributed by atoms with van der Waals surface area (Å²) in [6, 6.07) is 0. The van der Waals surface area contributed by atoms with Crippen molar-refractivity contribution in [2.45, 2.75) is 0 Å². The fourth-order valence-corrected chi connectivity index (χ4v) is 0. The summed E-state index contributed by atoms with van der Waals surface area (Å²) in [6.07, 6.45) is 0.750. The molecule has 0 rings (SSSR count). The Balaban J connectivity index is -0.0000000800. The first-order chi connectivity index (χ1) is 3.68. The Bertz CT molecular complexity index is 55.1. The van der Waals surface area contributed by atoms with E-state index in [1.807, 2.05) is 0 Å². The number of carbonyl (C=O) groups is 1. The Kier molecular flexibility index (Phi) is 29.1. The molecule has 0 saturated heterocycles. The van der Waals surface area contributed by atoms with Crippen molar-refractivity contribution in [1.82, 2.24) is 4.90 Å². The summed E-state index contributed by atoms with van der Waals surface area (Å²) in [5, 5.41) is 0. The molecule has 0 atom stereocenters. The smallest absolute Gasteiger partial charge is 0.209 e. The normalized spacial score (nSPS) is 5.78. The van der Waals surface area contributed by atoms with Crippen LogP contribution in [0.5, 0.6) is 0 Å². The summed E-state index contributed by atoms with van der Waals surface area (Å²) in [5.41, 5.74) is 0. The van der Waals surface area contributed by atoms with Crippen LogP contribution in [0.2, 0.25) is 0 Å². The van der Waals surface area contributed by atoms with Gasteiger partial charge in [-0.3, -0.25) is 4.79 Å². The molecule has 0 aromatic heterocycles. The number of nitrogens with zero attached hydrogens (tertiary/aromatic N) is 1. The molecule has 0 spiro atoms. The van der Waals surface area contributed by atoms with Crippen molar-refractivity contribution in [1.29, 1.82) is 0 Å². The summed E-state index contributed by atoms with van der Waals surface area (Å²) in [5.74, 6) is 0. The summed E-state index contributed by atoms with van der Waals surface area (Å²) in [7, 11) is 3.38. The molecule has 0 saturated carbocycles. The molecule has 0 unspecified atom stereocenters. The van der Waals surface area contributed by atoms with E-state index in [9.17, 15) is 4.79 Å².